The Morgan fingerprint density at radius 2 is 0.672 bits per heavy atom. The molecule has 1 aliphatic carbocycles. The minimum Gasteiger partial charge on any atom is -0.309 e. The van der Waals surface area contributed by atoms with Gasteiger partial charge in [0.2, 0.25) is 0 Å². The van der Waals surface area contributed by atoms with Gasteiger partial charge in [0.25, 0.3) is 0 Å². The third-order valence-corrected chi connectivity index (χ3v) is 14.7. The van der Waals surface area contributed by atoms with E-state index in [-0.39, 0.29) is 10.8 Å². The van der Waals surface area contributed by atoms with Crippen molar-refractivity contribution in [2.24, 2.45) is 0 Å². The van der Waals surface area contributed by atoms with Crippen LogP contribution in [0.5, 0.6) is 0 Å². The first-order chi connectivity index (χ1) is 32.5. The number of rotatable bonds is 5. The minimum absolute atomic E-state index is 0.0247. The molecule has 3 heterocycles. The Balaban J connectivity index is 1.16. The van der Waals surface area contributed by atoms with Crippen LogP contribution in [-0.2, 0) is 23.7 Å². The Hall–Kier alpha value is -7.62. The smallest absolute Gasteiger partial charge is 0.0564 e. The lowest BCUT2D eigenvalue weighted by molar-refractivity contribution is 0.590. The van der Waals surface area contributed by atoms with Crippen LogP contribution >= 0.6 is 0 Å². The van der Waals surface area contributed by atoms with Gasteiger partial charge < -0.3 is 13.7 Å². The fourth-order valence-corrected chi connectivity index (χ4v) is 11.4. The van der Waals surface area contributed by atoms with Crippen molar-refractivity contribution < 1.29 is 0 Å². The van der Waals surface area contributed by atoms with Crippen molar-refractivity contribution in [3.63, 3.8) is 0 Å². The zero-order valence-electron chi connectivity index (χ0n) is 39.2. The molecular formula is C64H53N3. The molecule has 0 spiro atoms. The molecule has 0 saturated carbocycles. The molecule has 0 radical (unpaired) electrons. The van der Waals surface area contributed by atoms with Gasteiger partial charge in [-0.1, -0.05) is 151 Å². The molecule has 0 fully saturated rings. The highest BCUT2D eigenvalue weighted by Gasteiger charge is 2.27. The topological polar surface area (TPSA) is 14.8 Å². The summed E-state index contributed by atoms with van der Waals surface area (Å²) in [7, 11) is 0. The molecule has 0 unspecified atom stereocenters. The monoisotopic (exact) mass is 863 g/mol. The third-order valence-electron chi connectivity index (χ3n) is 14.7. The number of hydrogen-bond donors (Lipinski definition) is 0. The molecular weight excluding hydrogens is 811 g/mol. The average molecular weight is 864 g/mol. The predicted octanol–water partition coefficient (Wildman–Crippen LogP) is 17.0. The Morgan fingerprint density at radius 3 is 1.10 bits per heavy atom. The third kappa shape index (κ3) is 6.17. The molecule has 0 atom stereocenters. The summed E-state index contributed by atoms with van der Waals surface area (Å²) in [4.78, 5) is 0. The number of nitrogens with zero attached hydrogens (tertiary/aromatic N) is 3. The van der Waals surface area contributed by atoms with E-state index in [1.165, 1.54) is 121 Å². The fourth-order valence-electron chi connectivity index (χ4n) is 11.4. The van der Waals surface area contributed by atoms with E-state index in [2.05, 4.69) is 243 Å². The van der Waals surface area contributed by atoms with Gasteiger partial charge in [0.15, 0.2) is 0 Å². The number of fused-ring (bicyclic) bond motifs is 6. The maximum atomic E-state index is 2.60. The highest BCUT2D eigenvalue weighted by molar-refractivity contribution is 6.16. The van der Waals surface area contributed by atoms with Crippen LogP contribution in [0.15, 0.2) is 188 Å². The van der Waals surface area contributed by atoms with Crippen LogP contribution in [0.1, 0.15) is 63.8 Å². The summed E-state index contributed by atoms with van der Waals surface area (Å²) in [6.07, 6.45) is 1.93. The zero-order chi connectivity index (χ0) is 45.3. The van der Waals surface area contributed by atoms with Crippen molar-refractivity contribution in [3.8, 4) is 39.3 Å². The molecule has 9 aromatic carbocycles. The number of aryl methyl sites for hydroxylation is 2. The number of benzene rings is 9. The number of aromatic nitrogens is 3. The van der Waals surface area contributed by atoms with E-state index >= 15 is 0 Å². The molecule has 3 heteroatoms. The molecule has 3 aromatic heterocycles. The Bertz CT molecular complexity index is 3790. The fraction of sp³-hybridized carbons (Fsp3) is 0.156. The summed E-state index contributed by atoms with van der Waals surface area (Å²) in [5, 5.41) is 7.90. The quantitative estimate of drug-likeness (QED) is 0.164. The van der Waals surface area contributed by atoms with E-state index in [1.54, 1.807) is 0 Å². The molecule has 0 N–H and O–H groups in total. The van der Waals surface area contributed by atoms with Crippen LogP contribution in [0.3, 0.4) is 0 Å². The SMILES string of the molecule is CC(C)(C)c1ccc2c(c1)c1cc(C(C)(C)C)ccc1n2-c1cc2c3c4c(cc(-n5c6ccccc6c6ccccc65)cc4n(-c4cc(-c5ccccc5)cc(-c5ccccc5)c4)c3c1)CC2. The number of para-hydroxylation sites is 2. The lowest BCUT2D eigenvalue weighted by Gasteiger charge is -2.19. The molecule has 3 nitrogen and oxygen atoms in total. The Morgan fingerprint density at radius 1 is 0.299 bits per heavy atom. The van der Waals surface area contributed by atoms with Gasteiger partial charge >= 0.3 is 0 Å². The first-order valence-corrected chi connectivity index (χ1v) is 24.0. The summed E-state index contributed by atoms with van der Waals surface area (Å²) >= 11 is 0. The highest BCUT2D eigenvalue weighted by Crippen LogP contribution is 2.46. The molecule has 324 valence electrons. The summed E-state index contributed by atoms with van der Waals surface area (Å²) < 4.78 is 7.65. The van der Waals surface area contributed by atoms with Crippen LogP contribution in [-0.4, -0.2) is 13.7 Å². The molecule has 12 aromatic rings. The van der Waals surface area contributed by atoms with E-state index in [1.807, 2.05) is 0 Å². The summed E-state index contributed by atoms with van der Waals surface area (Å²) in [6, 6.07) is 71.1. The molecule has 0 aliphatic heterocycles. The van der Waals surface area contributed by atoms with Crippen LogP contribution in [0, 0.1) is 0 Å². The van der Waals surface area contributed by atoms with Gasteiger partial charge in [0, 0.05) is 49.4 Å². The second-order valence-corrected chi connectivity index (χ2v) is 21.0. The second kappa shape index (κ2) is 14.4. The van der Waals surface area contributed by atoms with E-state index in [4.69, 9.17) is 0 Å². The summed E-state index contributed by atoms with van der Waals surface area (Å²) in [5.74, 6) is 0. The van der Waals surface area contributed by atoms with Gasteiger partial charge in [0.1, 0.15) is 0 Å². The van der Waals surface area contributed by atoms with E-state index in [0.29, 0.717) is 0 Å². The Labute approximate surface area is 392 Å². The lowest BCUT2D eigenvalue weighted by Crippen LogP contribution is -2.10. The maximum absolute atomic E-state index is 2.60. The van der Waals surface area contributed by atoms with Crippen LogP contribution in [0.4, 0.5) is 0 Å². The van der Waals surface area contributed by atoms with Gasteiger partial charge in [-0.2, -0.15) is 0 Å². The van der Waals surface area contributed by atoms with Crippen LogP contribution in [0.25, 0.3) is 105 Å². The first kappa shape index (κ1) is 39.7. The molecule has 13 rings (SSSR count). The normalized spacial score (nSPS) is 13.1. The van der Waals surface area contributed by atoms with Crippen molar-refractivity contribution in [2.45, 2.75) is 65.2 Å². The van der Waals surface area contributed by atoms with Gasteiger partial charge in [-0.3, -0.25) is 0 Å². The molecule has 0 bridgehead atoms. The Kier molecular flexibility index (Phi) is 8.56. The van der Waals surface area contributed by atoms with E-state index in [9.17, 15) is 0 Å². The summed E-state index contributed by atoms with van der Waals surface area (Å²) in [6.45, 7) is 13.9. The molecule has 67 heavy (non-hydrogen) atoms. The van der Waals surface area contributed by atoms with Crippen molar-refractivity contribution in [1.29, 1.82) is 0 Å². The van der Waals surface area contributed by atoms with E-state index < -0.39 is 0 Å². The molecule has 0 saturated heterocycles. The molecule has 0 amide bonds. The van der Waals surface area contributed by atoms with Crippen LogP contribution in [0.2, 0.25) is 0 Å². The van der Waals surface area contributed by atoms with Gasteiger partial charge in [-0.25, -0.2) is 0 Å². The van der Waals surface area contributed by atoms with Gasteiger partial charge in [-0.05, 0) is 147 Å². The largest absolute Gasteiger partial charge is 0.309 e. The lowest BCUT2D eigenvalue weighted by atomic mass is 9.85. The van der Waals surface area contributed by atoms with Crippen molar-refractivity contribution in [2.75, 3.05) is 0 Å². The second-order valence-electron chi connectivity index (χ2n) is 21.0. The van der Waals surface area contributed by atoms with Gasteiger partial charge in [-0.15, -0.1) is 0 Å². The first-order valence-electron chi connectivity index (χ1n) is 24.0. The average Bonchev–Trinajstić information content (AvgIpc) is 3.98. The maximum Gasteiger partial charge on any atom is 0.0564 e. The highest BCUT2D eigenvalue weighted by atomic mass is 15.0. The minimum atomic E-state index is 0.0247. The number of hydrogen-bond acceptors (Lipinski definition) is 0. The zero-order valence-corrected chi connectivity index (χ0v) is 39.2. The van der Waals surface area contributed by atoms with Crippen LogP contribution < -0.4 is 0 Å². The molecule has 1 aliphatic rings. The predicted molar refractivity (Wildman–Crippen MR) is 285 cm³/mol. The van der Waals surface area contributed by atoms with E-state index in [0.717, 1.165) is 18.5 Å². The summed E-state index contributed by atoms with van der Waals surface area (Å²) in [5.41, 5.74) is 21.3. The van der Waals surface area contributed by atoms with Crippen molar-refractivity contribution in [1.82, 2.24) is 13.7 Å². The van der Waals surface area contributed by atoms with Crippen molar-refractivity contribution in [3.05, 3.63) is 210 Å². The standard InChI is InChI=1S/C64H53N3/c1-63(2,3)46-27-29-57-53(36-46)54-37-47(64(4,5)6)28-30-58(54)66(57)50-33-43-26-25-42-32-49(65-55-23-15-13-21-51(55)52-22-14-16-24-56(52)65)38-59-61(42)62(43)60(39-50)67(59)48-34-44(40-17-9-7-10-18-40)31-45(35-48)41-19-11-8-12-20-41/h7-24,27-39H,25-26H2,1-6H3. The van der Waals surface area contributed by atoms with Crippen molar-refractivity contribution >= 4 is 65.4 Å². The van der Waals surface area contributed by atoms with Gasteiger partial charge in [0.05, 0.1) is 33.1 Å².